The second-order valence-corrected chi connectivity index (χ2v) is 10.2. The maximum Gasteiger partial charge on any atom is 0.340 e. The van der Waals surface area contributed by atoms with Crippen molar-refractivity contribution in [1.29, 1.82) is 0 Å². The van der Waals surface area contributed by atoms with E-state index in [9.17, 15) is 22.4 Å². The molecule has 1 aliphatic heterocycles. The van der Waals surface area contributed by atoms with Crippen LogP contribution in [-0.2, 0) is 19.6 Å². The van der Waals surface area contributed by atoms with Crippen LogP contribution in [0.3, 0.4) is 0 Å². The van der Waals surface area contributed by atoms with Crippen LogP contribution in [0.4, 0.5) is 10.1 Å². The minimum Gasteiger partial charge on any atom is -0.452 e. The van der Waals surface area contributed by atoms with Gasteiger partial charge in [0.1, 0.15) is 5.82 Å². The predicted octanol–water partition coefficient (Wildman–Crippen LogP) is 4.25. The van der Waals surface area contributed by atoms with Crippen LogP contribution in [0.15, 0.2) is 47.4 Å². The summed E-state index contributed by atoms with van der Waals surface area (Å²) in [6.45, 7) is 2.19. The van der Waals surface area contributed by atoms with Gasteiger partial charge in [-0.2, -0.15) is 0 Å². The first-order chi connectivity index (χ1) is 15.6. The molecule has 178 valence electrons. The molecule has 0 saturated carbocycles. The van der Waals surface area contributed by atoms with Crippen molar-refractivity contribution in [2.24, 2.45) is 0 Å². The zero-order chi connectivity index (χ0) is 24.2. The third kappa shape index (κ3) is 5.65. The molecule has 1 atom stereocenters. The maximum absolute atomic E-state index is 13.2. The van der Waals surface area contributed by atoms with Crippen LogP contribution in [0.5, 0.6) is 0 Å². The number of piperidine rings is 1. The van der Waals surface area contributed by atoms with Crippen LogP contribution in [0.1, 0.15) is 43.0 Å². The Balaban J connectivity index is 1.75. The van der Waals surface area contributed by atoms with E-state index in [-0.39, 0.29) is 33.1 Å². The first-order valence-corrected chi connectivity index (χ1v) is 12.5. The third-order valence-electron chi connectivity index (χ3n) is 5.75. The first-order valence-electron chi connectivity index (χ1n) is 10.7. The smallest absolute Gasteiger partial charge is 0.340 e. The van der Waals surface area contributed by atoms with Gasteiger partial charge in [-0.15, -0.1) is 0 Å². The van der Waals surface area contributed by atoms with Crippen molar-refractivity contribution in [3.63, 3.8) is 0 Å². The number of ether oxygens (including phenoxy) is 1. The summed E-state index contributed by atoms with van der Waals surface area (Å²) in [5, 5.41) is 0.000224. The number of hydrogen-bond donors (Lipinski definition) is 0. The molecule has 1 fully saturated rings. The predicted molar refractivity (Wildman–Crippen MR) is 123 cm³/mol. The van der Waals surface area contributed by atoms with Crippen molar-refractivity contribution in [3.05, 3.63) is 58.9 Å². The molecule has 2 aromatic carbocycles. The lowest BCUT2D eigenvalue weighted by Gasteiger charge is -2.35. The topological polar surface area (TPSA) is 84.0 Å². The molecule has 7 nitrogen and oxygen atoms in total. The number of rotatable bonds is 7. The number of amides is 1. The number of esters is 1. The summed E-state index contributed by atoms with van der Waals surface area (Å²) in [7, 11) is -2.75. The van der Waals surface area contributed by atoms with E-state index in [1.165, 1.54) is 31.3 Å². The van der Waals surface area contributed by atoms with Gasteiger partial charge in [0.2, 0.25) is 0 Å². The van der Waals surface area contributed by atoms with E-state index in [0.717, 1.165) is 48.2 Å². The van der Waals surface area contributed by atoms with Gasteiger partial charge in [-0.3, -0.25) is 9.10 Å². The molecule has 1 heterocycles. The van der Waals surface area contributed by atoms with Crippen LogP contribution in [0, 0.1) is 5.82 Å². The highest BCUT2D eigenvalue weighted by atomic mass is 35.5. The average molecular weight is 497 g/mol. The Morgan fingerprint density at radius 2 is 1.88 bits per heavy atom. The lowest BCUT2D eigenvalue weighted by Crippen LogP contribution is -2.45. The molecule has 0 aromatic heterocycles. The van der Waals surface area contributed by atoms with Crippen molar-refractivity contribution in [1.82, 2.24) is 4.90 Å². The number of hydrogen-bond acceptors (Lipinski definition) is 5. The Hall–Kier alpha value is -2.65. The number of anilines is 1. The number of sulfonamides is 1. The SMILES string of the molecule is CCC1CCCCN1C(=O)COC(=O)c1cc(S(=O)(=O)N(C)c2ccc(F)cc2)ccc1Cl. The standard InChI is InChI=1S/C23H26ClFN2O5S/c1-3-17-6-4-5-13-27(17)22(28)15-32-23(29)20-14-19(11-12-21(20)24)33(30,31)26(2)18-9-7-16(25)8-10-18/h7-12,14,17H,3-6,13,15H2,1-2H3. The van der Waals surface area contributed by atoms with Crippen LogP contribution >= 0.6 is 11.6 Å². The highest BCUT2D eigenvalue weighted by Crippen LogP contribution is 2.26. The second kappa shape index (κ2) is 10.5. The normalized spacial score (nSPS) is 16.4. The molecular formula is C23H26ClFN2O5S. The lowest BCUT2D eigenvalue weighted by molar-refractivity contribution is -0.138. The number of likely N-dealkylation sites (tertiary alicyclic amines) is 1. The van der Waals surface area contributed by atoms with Crippen molar-refractivity contribution in [2.45, 2.75) is 43.5 Å². The van der Waals surface area contributed by atoms with Gasteiger partial charge in [0, 0.05) is 19.6 Å². The molecule has 0 aliphatic carbocycles. The summed E-state index contributed by atoms with van der Waals surface area (Å²) in [4.78, 5) is 26.7. The molecule has 33 heavy (non-hydrogen) atoms. The van der Waals surface area contributed by atoms with Crippen molar-refractivity contribution < 1.29 is 27.1 Å². The number of carbonyl (C=O) groups is 2. The molecule has 0 N–H and O–H groups in total. The minimum absolute atomic E-state index is 0.000224. The summed E-state index contributed by atoms with van der Waals surface area (Å²) in [6, 6.07) is 8.73. The fourth-order valence-corrected chi connectivity index (χ4v) is 5.23. The van der Waals surface area contributed by atoms with E-state index in [1.54, 1.807) is 4.90 Å². The van der Waals surface area contributed by atoms with Gasteiger partial charge in [-0.25, -0.2) is 17.6 Å². The number of nitrogens with zero attached hydrogens (tertiary/aromatic N) is 2. The number of carbonyl (C=O) groups excluding carboxylic acids is 2. The third-order valence-corrected chi connectivity index (χ3v) is 7.86. The Morgan fingerprint density at radius 3 is 2.55 bits per heavy atom. The Morgan fingerprint density at radius 1 is 1.18 bits per heavy atom. The van der Waals surface area contributed by atoms with Gasteiger partial charge < -0.3 is 9.64 Å². The van der Waals surface area contributed by atoms with E-state index in [0.29, 0.717) is 6.54 Å². The number of halogens is 2. The number of benzene rings is 2. The lowest BCUT2D eigenvalue weighted by atomic mass is 10.00. The quantitative estimate of drug-likeness (QED) is 0.535. The van der Waals surface area contributed by atoms with E-state index in [4.69, 9.17) is 16.3 Å². The van der Waals surface area contributed by atoms with Gasteiger partial charge >= 0.3 is 5.97 Å². The van der Waals surface area contributed by atoms with Crippen LogP contribution in [0.2, 0.25) is 5.02 Å². The van der Waals surface area contributed by atoms with Crippen molar-refractivity contribution in [2.75, 3.05) is 24.5 Å². The van der Waals surface area contributed by atoms with Crippen molar-refractivity contribution >= 4 is 39.2 Å². The summed E-state index contributed by atoms with van der Waals surface area (Å²) >= 11 is 6.12. The molecule has 1 aliphatic rings. The molecular weight excluding hydrogens is 471 g/mol. The second-order valence-electron chi connectivity index (χ2n) is 7.81. The highest BCUT2D eigenvalue weighted by molar-refractivity contribution is 7.92. The Bertz CT molecular complexity index is 1120. The van der Waals surface area contributed by atoms with Gasteiger partial charge in [0.25, 0.3) is 15.9 Å². The fourth-order valence-electron chi connectivity index (χ4n) is 3.81. The molecule has 0 radical (unpaired) electrons. The largest absolute Gasteiger partial charge is 0.452 e. The molecule has 2 aromatic rings. The summed E-state index contributed by atoms with van der Waals surface area (Å²) < 4.78 is 45.4. The van der Waals surface area contributed by atoms with E-state index in [2.05, 4.69) is 0 Å². The Labute approximate surface area is 198 Å². The minimum atomic E-state index is -4.07. The van der Waals surface area contributed by atoms with Crippen LogP contribution in [-0.4, -0.2) is 51.4 Å². The van der Waals surface area contributed by atoms with Gasteiger partial charge in [0.05, 0.1) is 21.2 Å². The first kappa shape index (κ1) is 25.0. The molecule has 3 rings (SSSR count). The van der Waals surface area contributed by atoms with E-state index in [1.807, 2.05) is 6.92 Å². The average Bonchev–Trinajstić information content (AvgIpc) is 2.82. The summed E-state index contributed by atoms with van der Waals surface area (Å²) in [6.07, 6.45) is 3.71. The van der Waals surface area contributed by atoms with Gasteiger partial charge in [0.15, 0.2) is 6.61 Å². The van der Waals surface area contributed by atoms with Crippen LogP contribution in [0.25, 0.3) is 0 Å². The van der Waals surface area contributed by atoms with Crippen molar-refractivity contribution in [3.8, 4) is 0 Å². The molecule has 10 heteroatoms. The molecule has 1 unspecified atom stereocenters. The summed E-state index contributed by atoms with van der Waals surface area (Å²) in [5.41, 5.74) is 0.0804. The summed E-state index contributed by atoms with van der Waals surface area (Å²) in [5.74, 6) is -1.67. The van der Waals surface area contributed by atoms with Gasteiger partial charge in [-0.1, -0.05) is 18.5 Å². The zero-order valence-electron chi connectivity index (χ0n) is 18.5. The highest BCUT2D eigenvalue weighted by Gasteiger charge is 2.27. The fraction of sp³-hybridized carbons (Fsp3) is 0.391. The van der Waals surface area contributed by atoms with E-state index < -0.39 is 28.4 Å². The zero-order valence-corrected chi connectivity index (χ0v) is 20.0. The maximum atomic E-state index is 13.2. The van der Waals surface area contributed by atoms with Crippen LogP contribution < -0.4 is 4.31 Å². The molecule has 0 spiro atoms. The monoisotopic (exact) mass is 496 g/mol. The van der Waals surface area contributed by atoms with Gasteiger partial charge in [-0.05, 0) is 68.1 Å². The Kier molecular flexibility index (Phi) is 7.97. The molecule has 0 bridgehead atoms. The molecule has 1 amide bonds. The molecule has 1 saturated heterocycles. The van der Waals surface area contributed by atoms with E-state index >= 15 is 0 Å².